The maximum Gasteiger partial charge on any atom is 0.145 e. The highest BCUT2D eigenvalue weighted by Gasteiger charge is 2.20. The van der Waals surface area contributed by atoms with Gasteiger partial charge in [0, 0.05) is 13.6 Å². The Hall–Kier alpha value is -0.880. The second-order valence-corrected chi connectivity index (χ2v) is 5.50. The first-order chi connectivity index (χ1) is 8.70. The summed E-state index contributed by atoms with van der Waals surface area (Å²) in [5.41, 5.74) is 0. The summed E-state index contributed by atoms with van der Waals surface area (Å²) in [6, 6.07) is 0. The van der Waals surface area contributed by atoms with Crippen molar-refractivity contribution in [1.82, 2.24) is 9.97 Å². The summed E-state index contributed by atoms with van der Waals surface area (Å²) in [6.45, 7) is 0.843. The van der Waals surface area contributed by atoms with E-state index in [9.17, 15) is 5.11 Å². The molecule has 1 aliphatic carbocycles. The Morgan fingerprint density at radius 3 is 2.89 bits per heavy atom. The minimum atomic E-state index is -0.132. The lowest BCUT2D eigenvalue weighted by Crippen LogP contribution is -2.25. The van der Waals surface area contributed by atoms with Crippen LogP contribution >= 0.6 is 15.9 Å². The average Bonchev–Trinajstić information content (AvgIpc) is 2.38. The Bertz CT molecular complexity index is 402. The second kappa shape index (κ2) is 6.33. The Morgan fingerprint density at radius 2 is 2.17 bits per heavy atom. The topological polar surface area (TPSA) is 70.1 Å². The van der Waals surface area contributed by atoms with Gasteiger partial charge in [0.1, 0.15) is 22.4 Å². The Balaban J connectivity index is 1.93. The third-order valence-electron chi connectivity index (χ3n) is 3.34. The summed E-state index contributed by atoms with van der Waals surface area (Å²) in [5.74, 6) is 2.10. The molecule has 0 amide bonds. The van der Waals surface area contributed by atoms with Crippen LogP contribution in [0.25, 0.3) is 0 Å². The van der Waals surface area contributed by atoms with Gasteiger partial charge in [0.05, 0.1) is 6.10 Å². The van der Waals surface area contributed by atoms with E-state index in [2.05, 4.69) is 36.5 Å². The van der Waals surface area contributed by atoms with E-state index in [1.807, 2.05) is 7.05 Å². The molecule has 0 aromatic carbocycles. The molecule has 3 N–H and O–H groups in total. The maximum atomic E-state index is 9.64. The molecule has 0 spiro atoms. The molecule has 0 radical (unpaired) electrons. The zero-order valence-corrected chi connectivity index (χ0v) is 12.1. The van der Waals surface area contributed by atoms with E-state index in [0.717, 1.165) is 41.9 Å². The molecule has 18 heavy (non-hydrogen) atoms. The third-order valence-corrected chi connectivity index (χ3v) is 4.09. The van der Waals surface area contributed by atoms with Gasteiger partial charge in [-0.05, 0) is 41.1 Å². The molecular formula is C12H19BrN4O. The Kier molecular flexibility index (Phi) is 4.77. The van der Waals surface area contributed by atoms with Gasteiger partial charge in [0.15, 0.2) is 0 Å². The van der Waals surface area contributed by atoms with Crippen LogP contribution in [-0.2, 0) is 0 Å². The third kappa shape index (κ3) is 3.32. The van der Waals surface area contributed by atoms with Crippen molar-refractivity contribution in [3.63, 3.8) is 0 Å². The molecule has 0 bridgehead atoms. The normalized spacial score (nSPS) is 23.7. The lowest BCUT2D eigenvalue weighted by Gasteiger charge is -2.26. The first kappa shape index (κ1) is 13.5. The van der Waals surface area contributed by atoms with Gasteiger partial charge in [-0.3, -0.25) is 0 Å². The summed E-state index contributed by atoms with van der Waals surface area (Å²) >= 11 is 3.48. The lowest BCUT2D eigenvalue weighted by molar-refractivity contribution is 0.104. The fraction of sp³-hybridized carbons (Fsp3) is 0.667. The summed E-state index contributed by atoms with van der Waals surface area (Å²) in [4.78, 5) is 8.33. The van der Waals surface area contributed by atoms with Crippen LogP contribution in [0.2, 0.25) is 0 Å². The predicted molar refractivity (Wildman–Crippen MR) is 75.7 cm³/mol. The molecule has 1 aliphatic rings. The van der Waals surface area contributed by atoms with Crippen molar-refractivity contribution in [1.29, 1.82) is 0 Å². The molecule has 6 heteroatoms. The van der Waals surface area contributed by atoms with Crippen molar-refractivity contribution in [3.8, 4) is 0 Å². The molecule has 5 nitrogen and oxygen atoms in total. The molecule has 2 rings (SSSR count). The van der Waals surface area contributed by atoms with Crippen LogP contribution in [0, 0.1) is 5.92 Å². The minimum Gasteiger partial charge on any atom is -0.393 e. The molecule has 0 saturated heterocycles. The standard InChI is InChI=1S/C12H19BrN4O/c1-14-11-10(13)12(17-7-16-11)15-6-8-3-2-4-9(18)5-8/h7-9,18H,2-6H2,1H3,(H2,14,15,16,17). The van der Waals surface area contributed by atoms with Gasteiger partial charge in [0.25, 0.3) is 0 Å². The summed E-state index contributed by atoms with van der Waals surface area (Å²) in [7, 11) is 1.83. The van der Waals surface area contributed by atoms with E-state index in [1.165, 1.54) is 12.7 Å². The van der Waals surface area contributed by atoms with Crippen LogP contribution in [0.4, 0.5) is 11.6 Å². The van der Waals surface area contributed by atoms with E-state index in [1.54, 1.807) is 0 Å². The SMILES string of the molecule is CNc1ncnc(NCC2CCCC(O)C2)c1Br. The fourth-order valence-electron chi connectivity index (χ4n) is 2.36. The second-order valence-electron chi connectivity index (χ2n) is 4.70. The van der Waals surface area contributed by atoms with E-state index in [4.69, 9.17) is 0 Å². The predicted octanol–water partition coefficient (Wildman–Crippen LogP) is 2.24. The molecule has 1 fully saturated rings. The molecule has 1 aromatic heterocycles. The number of anilines is 2. The van der Waals surface area contributed by atoms with Gasteiger partial charge in [-0.1, -0.05) is 6.42 Å². The van der Waals surface area contributed by atoms with Crippen molar-refractivity contribution in [3.05, 3.63) is 10.8 Å². The summed E-state index contributed by atoms with van der Waals surface area (Å²) in [5, 5.41) is 16.0. The highest BCUT2D eigenvalue weighted by Crippen LogP contribution is 2.28. The fourth-order valence-corrected chi connectivity index (χ4v) is 2.90. The molecule has 1 heterocycles. The number of halogens is 1. The Labute approximate surface area is 116 Å². The van der Waals surface area contributed by atoms with Crippen molar-refractivity contribution >= 4 is 27.6 Å². The van der Waals surface area contributed by atoms with Crippen molar-refractivity contribution < 1.29 is 5.11 Å². The van der Waals surface area contributed by atoms with Gasteiger partial charge in [-0.15, -0.1) is 0 Å². The van der Waals surface area contributed by atoms with E-state index >= 15 is 0 Å². The number of aliphatic hydroxyl groups excluding tert-OH is 1. The zero-order valence-electron chi connectivity index (χ0n) is 10.5. The number of aliphatic hydroxyl groups is 1. The van der Waals surface area contributed by atoms with Crippen LogP contribution in [0.3, 0.4) is 0 Å². The maximum absolute atomic E-state index is 9.64. The average molecular weight is 315 g/mol. The van der Waals surface area contributed by atoms with Crippen molar-refractivity contribution in [2.24, 2.45) is 5.92 Å². The van der Waals surface area contributed by atoms with E-state index in [0.29, 0.717) is 5.92 Å². The minimum absolute atomic E-state index is 0.132. The first-order valence-electron chi connectivity index (χ1n) is 6.31. The van der Waals surface area contributed by atoms with Crippen LogP contribution < -0.4 is 10.6 Å². The van der Waals surface area contributed by atoms with Crippen molar-refractivity contribution in [2.75, 3.05) is 24.2 Å². The van der Waals surface area contributed by atoms with Gasteiger partial charge < -0.3 is 15.7 Å². The van der Waals surface area contributed by atoms with Gasteiger partial charge in [-0.2, -0.15) is 0 Å². The van der Waals surface area contributed by atoms with Gasteiger partial charge in [0.2, 0.25) is 0 Å². The number of nitrogens with one attached hydrogen (secondary N) is 2. The number of nitrogens with zero attached hydrogens (tertiary/aromatic N) is 2. The quantitative estimate of drug-likeness (QED) is 0.795. The summed E-state index contributed by atoms with van der Waals surface area (Å²) < 4.78 is 0.851. The molecule has 0 aliphatic heterocycles. The molecule has 2 unspecified atom stereocenters. The highest BCUT2D eigenvalue weighted by atomic mass is 79.9. The molecule has 2 atom stereocenters. The van der Waals surface area contributed by atoms with Crippen LogP contribution in [0.15, 0.2) is 10.8 Å². The number of hydrogen-bond donors (Lipinski definition) is 3. The first-order valence-corrected chi connectivity index (χ1v) is 7.10. The van der Waals surface area contributed by atoms with E-state index in [-0.39, 0.29) is 6.10 Å². The number of hydrogen-bond acceptors (Lipinski definition) is 5. The number of rotatable bonds is 4. The van der Waals surface area contributed by atoms with Gasteiger partial charge in [-0.25, -0.2) is 9.97 Å². The largest absolute Gasteiger partial charge is 0.393 e. The van der Waals surface area contributed by atoms with Crippen LogP contribution in [0.5, 0.6) is 0 Å². The Morgan fingerprint density at radius 1 is 1.39 bits per heavy atom. The van der Waals surface area contributed by atoms with E-state index < -0.39 is 0 Å². The van der Waals surface area contributed by atoms with Gasteiger partial charge >= 0.3 is 0 Å². The van der Waals surface area contributed by atoms with Crippen LogP contribution in [-0.4, -0.2) is 34.8 Å². The lowest BCUT2D eigenvalue weighted by atomic mass is 9.87. The molecule has 1 aromatic rings. The monoisotopic (exact) mass is 314 g/mol. The highest BCUT2D eigenvalue weighted by molar-refractivity contribution is 9.10. The summed E-state index contributed by atoms with van der Waals surface area (Å²) in [6.07, 6.45) is 5.51. The molecule has 100 valence electrons. The van der Waals surface area contributed by atoms with Crippen molar-refractivity contribution in [2.45, 2.75) is 31.8 Å². The number of aromatic nitrogens is 2. The zero-order chi connectivity index (χ0) is 13.0. The van der Waals surface area contributed by atoms with Crippen LogP contribution in [0.1, 0.15) is 25.7 Å². The smallest absolute Gasteiger partial charge is 0.145 e. The molecular weight excluding hydrogens is 296 g/mol. The molecule has 1 saturated carbocycles.